The molecule has 1 unspecified atom stereocenters. The molecule has 13 aromatic rings. The maximum absolute atomic E-state index is 12.7. The average Bonchev–Trinajstić information content (AvgIpc) is 1.20. The molecule has 554 valence electrons. The highest BCUT2D eigenvalue weighted by atomic mass is 16.2. The summed E-state index contributed by atoms with van der Waals surface area (Å²) in [5, 5.41) is 22.4. The van der Waals surface area contributed by atoms with Gasteiger partial charge in [0.05, 0.1) is 34.1 Å². The van der Waals surface area contributed by atoms with Gasteiger partial charge in [0.25, 0.3) is 17.7 Å². The fraction of sp³-hybridized carbons (Fsp3) is 0.227. The third-order valence-corrected chi connectivity index (χ3v) is 21.7. The van der Waals surface area contributed by atoms with Crippen molar-refractivity contribution >= 4 is 91.9 Å². The first-order valence-electron chi connectivity index (χ1n) is 37.8. The zero-order chi connectivity index (χ0) is 75.2. The van der Waals surface area contributed by atoms with Gasteiger partial charge in [0.15, 0.2) is 22.7 Å². The molecule has 6 aromatic heterocycles. The van der Waals surface area contributed by atoms with E-state index in [4.69, 9.17) is 5.73 Å². The van der Waals surface area contributed by atoms with E-state index in [-0.39, 0.29) is 23.5 Å². The van der Waals surface area contributed by atoms with Gasteiger partial charge in [-0.1, -0.05) is 55.7 Å². The molecule has 10 heterocycles. The third-order valence-electron chi connectivity index (χ3n) is 21.7. The van der Waals surface area contributed by atoms with Gasteiger partial charge in [0.2, 0.25) is 5.91 Å². The molecule has 0 radical (unpaired) electrons. The van der Waals surface area contributed by atoms with Crippen molar-refractivity contribution in [1.29, 1.82) is 0 Å². The Labute approximate surface area is 637 Å². The molecule has 22 nitrogen and oxygen atoms in total. The standard InChI is InChI=1S/C31H28N6O2.C30H34N6O.C27H25N5O2/c1-36(2)25-10-3-20(4-11-25)18-33-30(38)21-5-8-24(9-6-21)35-27-13-14-28(37-16-15-32-29(27)37)22-7-12-26-23(17-22)19-34-31(26)39;31-29(37)23-8-6-22(7-9-23)28-15-14-27(30-32-16-17-36(28)30)33-24-10-12-26(13-11-24)35-20-18-34(19-21-35)25-4-2-1-3-5-25;33-25(13-17-9-10-28-15-17)18-1-4-21(5-2-18)31-23-7-8-24(32-12-11-29-26(23)32)19-3-6-22-20(14-19)16-30-27(22)34/h3-17,35H,18-19H2,1-2H3,(H,33,38)(H,34,39);6-17,25,33H,1-5,18-21H2,(H2,31,37);1-8,11-12,14,17,28,31H,9-10,13,15-16H2,(H,30,34). The zero-order valence-corrected chi connectivity index (χ0v) is 61.6. The highest BCUT2D eigenvalue weighted by Crippen LogP contribution is 2.35. The first-order valence-corrected chi connectivity index (χ1v) is 37.8. The van der Waals surface area contributed by atoms with Crippen molar-refractivity contribution in [3.05, 3.63) is 276 Å². The molecular formula is C88H87N17O5. The number of aromatic nitrogens is 6. The van der Waals surface area contributed by atoms with Gasteiger partial charge in [0, 0.05) is 166 Å². The highest BCUT2D eigenvalue weighted by Gasteiger charge is 2.27. The molecule has 0 spiro atoms. The average molecular weight is 1460 g/mol. The number of carbonyl (C=O) groups excluding carboxylic acids is 5. The molecule has 4 aliphatic heterocycles. The van der Waals surface area contributed by atoms with Gasteiger partial charge in [-0.05, 0) is 229 Å². The van der Waals surface area contributed by atoms with Crippen LogP contribution in [0.15, 0.2) is 231 Å². The number of hydrogen-bond donors (Lipinski definition) is 8. The topological polar surface area (TPSA) is 257 Å². The number of pyridine rings is 3. The number of rotatable bonds is 19. The van der Waals surface area contributed by atoms with Gasteiger partial charge >= 0.3 is 0 Å². The predicted molar refractivity (Wildman–Crippen MR) is 434 cm³/mol. The molecule has 4 amide bonds. The monoisotopic (exact) mass is 1460 g/mol. The van der Waals surface area contributed by atoms with Gasteiger partial charge in [-0.15, -0.1) is 0 Å². The second-order valence-corrected chi connectivity index (χ2v) is 28.9. The zero-order valence-electron chi connectivity index (χ0n) is 61.6. The molecule has 3 fully saturated rings. The Morgan fingerprint density at radius 1 is 0.509 bits per heavy atom. The summed E-state index contributed by atoms with van der Waals surface area (Å²) in [4.78, 5) is 81.5. The maximum atomic E-state index is 12.7. The number of amides is 4. The Morgan fingerprint density at radius 3 is 1.46 bits per heavy atom. The van der Waals surface area contributed by atoms with Crippen LogP contribution in [-0.4, -0.2) is 122 Å². The Morgan fingerprint density at radius 2 is 0.982 bits per heavy atom. The van der Waals surface area contributed by atoms with Crippen LogP contribution in [0.2, 0.25) is 0 Å². The summed E-state index contributed by atoms with van der Waals surface area (Å²) in [6.45, 7) is 8.04. The van der Waals surface area contributed by atoms with Crippen molar-refractivity contribution in [3.63, 3.8) is 0 Å². The summed E-state index contributed by atoms with van der Waals surface area (Å²) in [5.74, 6) is 0.0574. The number of ketones is 1. The minimum Gasteiger partial charge on any atom is -0.378 e. The van der Waals surface area contributed by atoms with Crippen LogP contribution in [0.1, 0.15) is 113 Å². The minimum absolute atomic E-state index is 0.0165. The van der Waals surface area contributed by atoms with Crippen molar-refractivity contribution in [1.82, 2.24) is 54.3 Å². The number of nitrogens with one attached hydrogen (secondary N) is 7. The van der Waals surface area contributed by atoms with Crippen molar-refractivity contribution < 1.29 is 24.0 Å². The molecule has 1 saturated carbocycles. The SMILES string of the molecule is CN(C)c1ccc(CNC(=O)c2ccc(Nc3ccc(-c4ccc5c(c4)CNC5=O)n4ccnc34)cc2)cc1.NC(=O)c1ccc(-c2ccc(Nc3ccc(N4CCN(C5CCCCC5)CC4)cc3)c3nccn23)cc1.O=C(CC1CCNC1)c1ccc(Nc2ccc(-c3ccc4c(c3)CNC4=O)n3ccnc23)cc1. The van der Waals surface area contributed by atoms with E-state index < -0.39 is 5.91 Å². The number of nitrogens with two attached hydrogens (primary N) is 1. The Hall–Kier alpha value is -12.9. The number of nitrogens with zero attached hydrogens (tertiary/aromatic N) is 9. The van der Waals surface area contributed by atoms with Gasteiger partial charge in [-0.25, -0.2) is 15.0 Å². The van der Waals surface area contributed by atoms with E-state index in [0.717, 1.165) is 163 Å². The van der Waals surface area contributed by atoms with E-state index in [0.29, 0.717) is 43.1 Å². The molecule has 9 N–H and O–H groups in total. The second kappa shape index (κ2) is 31.9. The summed E-state index contributed by atoms with van der Waals surface area (Å²) >= 11 is 0. The van der Waals surface area contributed by atoms with E-state index in [1.165, 1.54) is 50.9 Å². The minimum atomic E-state index is -0.424. The number of piperazine rings is 1. The first kappa shape index (κ1) is 71.3. The smallest absolute Gasteiger partial charge is 0.251 e. The van der Waals surface area contributed by atoms with Crippen LogP contribution >= 0.6 is 0 Å². The van der Waals surface area contributed by atoms with Gasteiger partial charge in [0.1, 0.15) is 0 Å². The van der Waals surface area contributed by atoms with Crippen LogP contribution in [0.25, 0.3) is 50.7 Å². The van der Waals surface area contributed by atoms with Crippen molar-refractivity contribution in [3.8, 4) is 33.8 Å². The lowest BCUT2D eigenvalue weighted by Crippen LogP contribution is -2.50. The van der Waals surface area contributed by atoms with E-state index >= 15 is 0 Å². The van der Waals surface area contributed by atoms with Gasteiger partial charge < -0.3 is 52.8 Å². The van der Waals surface area contributed by atoms with E-state index in [1.807, 2.05) is 174 Å². The van der Waals surface area contributed by atoms with E-state index in [1.54, 1.807) is 30.7 Å². The molecule has 1 atom stereocenters. The maximum Gasteiger partial charge on any atom is 0.251 e. The normalized spacial score (nSPS) is 15.4. The molecule has 22 heteroatoms. The number of Topliss-reactive ketones (excluding diaryl/α,β-unsaturated/α-hetero) is 1. The predicted octanol–water partition coefficient (Wildman–Crippen LogP) is 14.5. The molecule has 18 rings (SSSR count). The third kappa shape index (κ3) is 15.6. The summed E-state index contributed by atoms with van der Waals surface area (Å²) in [6, 6.07) is 64.1. The van der Waals surface area contributed by atoms with Crippen LogP contribution in [0.3, 0.4) is 0 Å². The lowest BCUT2D eigenvalue weighted by Gasteiger charge is -2.41. The summed E-state index contributed by atoms with van der Waals surface area (Å²) in [7, 11) is 4.00. The second-order valence-electron chi connectivity index (χ2n) is 28.9. The van der Waals surface area contributed by atoms with E-state index in [2.05, 4.69) is 121 Å². The Balaban J connectivity index is 0.000000126. The highest BCUT2D eigenvalue weighted by molar-refractivity contribution is 6.00. The molecular weight excluding hydrogens is 1380 g/mol. The number of anilines is 8. The molecule has 1 aliphatic carbocycles. The Bertz CT molecular complexity index is 5540. The fourth-order valence-electron chi connectivity index (χ4n) is 15.6. The quantitative estimate of drug-likeness (QED) is 0.0350. The van der Waals surface area contributed by atoms with Crippen LogP contribution in [0, 0.1) is 5.92 Å². The number of benzene rings is 7. The van der Waals surface area contributed by atoms with E-state index in [9.17, 15) is 24.0 Å². The lowest BCUT2D eigenvalue weighted by atomic mass is 9.94. The number of hydrogen-bond acceptors (Lipinski definition) is 15. The first-order chi connectivity index (χ1) is 53.8. The van der Waals surface area contributed by atoms with Crippen LogP contribution in [0.4, 0.5) is 45.5 Å². The molecule has 7 aromatic carbocycles. The molecule has 5 aliphatic rings. The molecule has 110 heavy (non-hydrogen) atoms. The van der Waals surface area contributed by atoms with Crippen molar-refractivity contribution in [2.24, 2.45) is 11.7 Å². The largest absolute Gasteiger partial charge is 0.378 e. The van der Waals surface area contributed by atoms with Crippen LogP contribution < -0.4 is 52.8 Å². The Kier molecular flexibility index (Phi) is 20.7. The molecule has 0 bridgehead atoms. The summed E-state index contributed by atoms with van der Waals surface area (Å²) in [5.41, 5.74) is 28.1. The fourth-order valence-corrected chi connectivity index (χ4v) is 15.6. The van der Waals surface area contributed by atoms with Crippen LogP contribution in [-0.2, 0) is 19.6 Å². The molecule has 2 saturated heterocycles. The van der Waals surface area contributed by atoms with Crippen molar-refractivity contribution in [2.45, 2.75) is 70.6 Å². The number of carbonyl (C=O) groups is 5. The number of primary amides is 1. The lowest BCUT2D eigenvalue weighted by molar-refractivity contribution is 0.0945. The number of fused-ring (bicyclic) bond motifs is 5. The van der Waals surface area contributed by atoms with Crippen molar-refractivity contribution in [2.75, 3.05) is 79.1 Å². The summed E-state index contributed by atoms with van der Waals surface area (Å²) in [6.07, 6.45) is 19.8. The number of imidazole rings is 3. The summed E-state index contributed by atoms with van der Waals surface area (Å²) < 4.78 is 6.13. The van der Waals surface area contributed by atoms with Crippen LogP contribution in [0.5, 0.6) is 0 Å². The van der Waals surface area contributed by atoms with Gasteiger partial charge in [-0.3, -0.25) is 42.1 Å². The van der Waals surface area contributed by atoms with Gasteiger partial charge in [-0.2, -0.15) is 0 Å².